The lowest BCUT2D eigenvalue weighted by Crippen LogP contribution is -2.41. The van der Waals surface area contributed by atoms with Crippen molar-refractivity contribution in [3.05, 3.63) is 47.5 Å². The van der Waals surface area contributed by atoms with Crippen LogP contribution in [0.25, 0.3) is 10.2 Å². The molecule has 0 aliphatic carbocycles. The number of fused-ring (bicyclic) bond motifs is 1. The minimum absolute atomic E-state index is 0.146. The number of carbonyl (C=O) groups is 1. The second-order valence-corrected chi connectivity index (χ2v) is 10.3. The summed E-state index contributed by atoms with van der Waals surface area (Å²) in [6.07, 6.45) is 1.92. The summed E-state index contributed by atoms with van der Waals surface area (Å²) in [5.74, 6) is -1.52. The predicted molar refractivity (Wildman–Crippen MR) is 113 cm³/mol. The van der Waals surface area contributed by atoms with Crippen LogP contribution in [0.1, 0.15) is 24.0 Å². The van der Waals surface area contributed by atoms with E-state index in [0.29, 0.717) is 18.0 Å². The van der Waals surface area contributed by atoms with Gasteiger partial charge >= 0.3 is 0 Å². The molecule has 1 aliphatic heterocycles. The number of thiazole rings is 1. The zero-order valence-corrected chi connectivity index (χ0v) is 18.2. The number of halogens is 1. The van der Waals surface area contributed by atoms with Crippen molar-refractivity contribution in [2.24, 2.45) is 5.92 Å². The quantitative estimate of drug-likeness (QED) is 0.617. The summed E-state index contributed by atoms with van der Waals surface area (Å²) in [5, 5.41) is 3.41. The van der Waals surface area contributed by atoms with E-state index in [4.69, 9.17) is 0 Å². The maximum Gasteiger partial charge on any atom is 0.247 e. The second-order valence-electron chi connectivity index (χ2n) is 7.41. The zero-order chi connectivity index (χ0) is 21.5. The largest absolute Gasteiger partial charge is 0.302 e. The summed E-state index contributed by atoms with van der Waals surface area (Å²) in [5.41, 5.74) is 3.07. The molecule has 0 radical (unpaired) electrons. The molecule has 0 saturated carbocycles. The van der Waals surface area contributed by atoms with Crippen LogP contribution < -0.4 is 5.32 Å². The van der Waals surface area contributed by atoms with E-state index in [1.807, 2.05) is 19.9 Å². The maximum atomic E-state index is 13.8. The van der Waals surface area contributed by atoms with Gasteiger partial charge in [0, 0.05) is 25.2 Å². The Labute approximate surface area is 178 Å². The number of nitrogens with one attached hydrogen (secondary N) is 1. The fourth-order valence-corrected chi connectivity index (χ4v) is 6.22. The molecule has 4 rings (SSSR count). The molecule has 2 aromatic heterocycles. The number of pyridine rings is 1. The van der Waals surface area contributed by atoms with Crippen LogP contribution in [0.5, 0.6) is 0 Å². The number of anilines is 1. The Morgan fingerprint density at radius 3 is 2.70 bits per heavy atom. The van der Waals surface area contributed by atoms with E-state index in [9.17, 15) is 17.6 Å². The monoisotopic (exact) mass is 448 g/mol. The standard InChI is InChI=1S/C20H21FN4O3S2/c1-12-10-13(2)17-15(11-12)29-20(23-17)24-19(26)14-5-8-25(9-6-14)30(27,28)16-4-3-7-22-18(16)21/h3-4,7,10-11,14H,5-6,8-9H2,1-2H3,(H,23,24,26). The van der Waals surface area contributed by atoms with Crippen LogP contribution in [-0.2, 0) is 14.8 Å². The lowest BCUT2D eigenvalue weighted by Gasteiger charge is -2.30. The van der Waals surface area contributed by atoms with Crippen LogP contribution in [0.15, 0.2) is 35.4 Å². The van der Waals surface area contributed by atoms with Gasteiger partial charge < -0.3 is 5.32 Å². The van der Waals surface area contributed by atoms with Gasteiger partial charge in [0.15, 0.2) is 5.13 Å². The number of aryl methyl sites for hydroxylation is 2. The molecule has 7 nitrogen and oxygen atoms in total. The summed E-state index contributed by atoms with van der Waals surface area (Å²) in [6.45, 7) is 4.30. The molecule has 30 heavy (non-hydrogen) atoms. The van der Waals surface area contributed by atoms with E-state index >= 15 is 0 Å². The van der Waals surface area contributed by atoms with Gasteiger partial charge in [-0.25, -0.2) is 18.4 Å². The molecule has 0 spiro atoms. The van der Waals surface area contributed by atoms with Crippen LogP contribution in [0, 0.1) is 25.7 Å². The third kappa shape index (κ3) is 3.94. The molecule has 1 N–H and O–H groups in total. The number of piperidine rings is 1. The van der Waals surface area contributed by atoms with Gasteiger partial charge in [-0.05, 0) is 56.0 Å². The van der Waals surface area contributed by atoms with E-state index in [1.165, 1.54) is 34.0 Å². The summed E-state index contributed by atoms with van der Waals surface area (Å²) < 4.78 is 41.4. The van der Waals surface area contributed by atoms with E-state index in [0.717, 1.165) is 21.3 Å². The van der Waals surface area contributed by atoms with E-state index in [1.54, 1.807) is 0 Å². The SMILES string of the molecule is Cc1cc(C)c2nc(NC(=O)C3CCN(S(=O)(=O)c4cccnc4F)CC3)sc2c1. The summed E-state index contributed by atoms with van der Waals surface area (Å²) in [4.78, 5) is 20.2. The van der Waals surface area contributed by atoms with Crippen LogP contribution in [0.2, 0.25) is 0 Å². The van der Waals surface area contributed by atoms with Gasteiger partial charge in [0.2, 0.25) is 21.9 Å². The number of hydrogen-bond donors (Lipinski definition) is 1. The average Bonchev–Trinajstić information content (AvgIpc) is 3.11. The highest BCUT2D eigenvalue weighted by atomic mass is 32.2. The van der Waals surface area contributed by atoms with Crippen LogP contribution in [-0.4, -0.2) is 41.7 Å². The summed E-state index contributed by atoms with van der Waals surface area (Å²) in [7, 11) is -3.97. The fraction of sp³-hybridized carbons (Fsp3) is 0.350. The highest BCUT2D eigenvalue weighted by Crippen LogP contribution is 2.31. The highest BCUT2D eigenvalue weighted by molar-refractivity contribution is 7.89. The zero-order valence-electron chi connectivity index (χ0n) is 16.6. The predicted octanol–water partition coefficient (Wildman–Crippen LogP) is 3.49. The van der Waals surface area contributed by atoms with E-state index < -0.39 is 20.9 Å². The Balaban J connectivity index is 1.42. The molecular weight excluding hydrogens is 427 g/mol. The van der Waals surface area contributed by atoms with Crippen LogP contribution in [0.4, 0.5) is 9.52 Å². The molecule has 10 heteroatoms. The third-order valence-corrected chi connectivity index (χ3v) is 8.05. The first-order valence-corrected chi connectivity index (χ1v) is 11.8. The first-order chi connectivity index (χ1) is 14.3. The number of amides is 1. The van der Waals surface area contributed by atoms with Crippen LogP contribution in [0.3, 0.4) is 0 Å². The number of sulfonamides is 1. The first-order valence-electron chi connectivity index (χ1n) is 9.55. The Kier molecular flexibility index (Phi) is 5.56. The van der Waals surface area contributed by atoms with Gasteiger partial charge in [-0.3, -0.25) is 4.79 Å². The van der Waals surface area contributed by atoms with Crippen molar-refractivity contribution in [3.8, 4) is 0 Å². The molecule has 1 fully saturated rings. The van der Waals surface area contributed by atoms with Crippen LogP contribution >= 0.6 is 11.3 Å². The van der Waals surface area contributed by atoms with E-state index in [2.05, 4.69) is 21.4 Å². The lowest BCUT2D eigenvalue weighted by atomic mass is 9.97. The number of nitrogens with zero attached hydrogens (tertiary/aromatic N) is 3. The van der Waals surface area contributed by atoms with Crippen molar-refractivity contribution in [2.45, 2.75) is 31.6 Å². The van der Waals surface area contributed by atoms with Gasteiger partial charge in [0.1, 0.15) is 4.90 Å². The summed E-state index contributed by atoms with van der Waals surface area (Å²) >= 11 is 1.42. The Bertz CT molecular complexity index is 1220. The van der Waals surface area contributed by atoms with E-state index in [-0.39, 0.29) is 24.9 Å². The van der Waals surface area contributed by atoms with Gasteiger partial charge in [0.05, 0.1) is 10.2 Å². The molecular formula is C20H21FN4O3S2. The van der Waals surface area contributed by atoms with Crippen molar-refractivity contribution < 1.29 is 17.6 Å². The maximum absolute atomic E-state index is 13.8. The highest BCUT2D eigenvalue weighted by Gasteiger charge is 2.34. The first kappa shape index (κ1) is 20.8. The van der Waals surface area contributed by atoms with Crippen molar-refractivity contribution in [1.82, 2.24) is 14.3 Å². The van der Waals surface area contributed by atoms with Crippen molar-refractivity contribution in [2.75, 3.05) is 18.4 Å². The molecule has 1 saturated heterocycles. The Hall–Kier alpha value is -2.43. The molecule has 0 unspecified atom stereocenters. The van der Waals surface area contributed by atoms with Crippen molar-refractivity contribution in [1.29, 1.82) is 0 Å². The Morgan fingerprint density at radius 2 is 2.00 bits per heavy atom. The van der Waals surface area contributed by atoms with Crippen molar-refractivity contribution in [3.63, 3.8) is 0 Å². The lowest BCUT2D eigenvalue weighted by molar-refractivity contribution is -0.120. The molecule has 0 atom stereocenters. The minimum atomic E-state index is -3.97. The second kappa shape index (κ2) is 8.01. The minimum Gasteiger partial charge on any atom is -0.302 e. The number of hydrogen-bond acceptors (Lipinski definition) is 6. The average molecular weight is 449 g/mol. The molecule has 3 aromatic rings. The third-order valence-electron chi connectivity index (χ3n) is 5.23. The number of rotatable bonds is 4. The Morgan fingerprint density at radius 1 is 1.27 bits per heavy atom. The normalized spacial score (nSPS) is 16.1. The number of benzene rings is 1. The molecule has 1 amide bonds. The van der Waals surface area contributed by atoms with Gasteiger partial charge in [0.25, 0.3) is 0 Å². The molecule has 1 aliphatic rings. The number of carbonyl (C=O) groups excluding carboxylic acids is 1. The number of aromatic nitrogens is 2. The topological polar surface area (TPSA) is 92.3 Å². The molecule has 3 heterocycles. The summed E-state index contributed by atoms with van der Waals surface area (Å²) in [6, 6.07) is 6.68. The van der Waals surface area contributed by atoms with Gasteiger partial charge in [-0.15, -0.1) is 0 Å². The molecule has 1 aromatic carbocycles. The fourth-order valence-electron chi connectivity index (χ4n) is 3.69. The molecule has 158 valence electrons. The van der Waals surface area contributed by atoms with Gasteiger partial charge in [-0.2, -0.15) is 8.70 Å². The van der Waals surface area contributed by atoms with Gasteiger partial charge in [-0.1, -0.05) is 17.4 Å². The smallest absolute Gasteiger partial charge is 0.247 e. The molecule has 0 bridgehead atoms. The van der Waals surface area contributed by atoms with Crippen molar-refractivity contribution >= 4 is 42.6 Å².